The van der Waals surface area contributed by atoms with Crippen molar-refractivity contribution in [1.29, 1.82) is 0 Å². The Bertz CT molecular complexity index is 4970. The molecule has 0 bridgehead atoms. The molecule has 0 saturated heterocycles. The first-order chi connectivity index (χ1) is 49.0. The van der Waals surface area contributed by atoms with Crippen LogP contribution in [0.5, 0.6) is 0 Å². The first-order valence-electron chi connectivity index (χ1n) is 35.1. The first kappa shape index (κ1) is 75.3. The predicted octanol–water partition coefficient (Wildman–Crippen LogP) is 24.4. The fourth-order valence-electron chi connectivity index (χ4n) is 14.2. The van der Waals surface area contributed by atoms with E-state index in [0.717, 1.165) is 106 Å². The molecule has 0 N–H and O–H groups in total. The van der Waals surface area contributed by atoms with Crippen LogP contribution in [-0.4, -0.2) is 47.0 Å². The number of thiol groups is 5. The zero-order valence-electron chi connectivity index (χ0n) is 57.9. The third-order valence-electron chi connectivity index (χ3n) is 18.8. The Hall–Kier alpha value is -8.41. The van der Waals surface area contributed by atoms with Crippen LogP contribution in [0, 0.1) is 0 Å². The standard InChI is InChI=1S/C26H25NS.C25H25NS2.C20H23NS.C20H21NS.CH4/c1-3-5-20-9-13-25-23(17-20)24-18-21(6-4-2)10-14-26(24)27(25)22-11-7-19(8-12-22)15-16-28;1-2-3-18-4-8-21(9-5-18)26-24-10-6-19(12-14-27)16-22(24)23-17-20(13-15-28)7-11-25(23)26;1-3-5-15-6-8-19-17(13-15)18-14-16(10-12-22)7-9-20(18)21(19)11-4-2;1-3-5-15-7-9-19-17(13-15)18-14-16(6-4-2)8-10-20(18)21(19)11-12-22;/h3-4,7-14,17-18,28H,1-2,5-6,15-16H2;2,4-11,16-17,27-28H,1,3,12-15H2;4,6-9,13-14,22H,2-3,5,10-12H2,1H3;3-4,7-10,13-14,22H,1-2,5-6,11-12H2;1H4. The van der Waals surface area contributed by atoms with Crippen LogP contribution in [0.15, 0.2) is 270 Å². The summed E-state index contributed by atoms with van der Waals surface area (Å²) in [6, 6.07) is 72.0. The smallest absolute Gasteiger partial charge is 0.0541 e. The zero-order chi connectivity index (χ0) is 70.1. The summed E-state index contributed by atoms with van der Waals surface area (Å²) in [5.74, 6) is 4.31. The van der Waals surface area contributed by atoms with E-state index in [-0.39, 0.29) is 7.43 Å². The molecular formula is C92H98N4S5. The van der Waals surface area contributed by atoms with Gasteiger partial charge in [-0.2, -0.15) is 63.1 Å². The summed E-state index contributed by atoms with van der Waals surface area (Å²) in [5, 5.41) is 10.6. The van der Waals surface area contributed by atoms with E-state index in [1.807, 2.05) is 36.5 Å². The Labute approximate surface area is 627 Å². The lowest BCUT2D eigenvalue weighted by molar-refractivity contribution is 0.839. The lowest BCUT2D eigenvalue weighted by Gasteiger charge is -2.09. The number of hydrogen-bond donors (Lipinski definition) is 5. The van der Waals surface area contributed by atoms with Gasteiger partial charge in [-0.05, 0) is 264 Å². The molecule has 4 nitrogen and oxygen atoms in total. The second-order valence-electron chi connectivity index (χ2n) is 25.7. The molecule has 0 atom stereocenters. The Balaban J connectivity index is 0.000000146. The highest BCUT2D eigenvalue weighted by Gasteiger charge is 2.18. The minimum atomic E-state index is 0. The average Bonchev–Trinajstić information content (AvgIpc) is 1.64. The van der Waals surface area contributed by atoms with Crippen molar-refractivity contribution in [2.75, 3.05) is 28.8 Å². The molecule has 10 aromatic carbocycles. The van der Waals surface area contributed by atoms with Crippen molar-refractivity contribution in [2.24, 2.45) is 0 Å². The third kappa shape index (κ3) is 17.1. The Morgan fingerprint density at radius 1 is 0.267 bits per heavy atom. The molecular weight excluding hydrogens is 1320 g/mol. The number of rotatable bonds is 26. The van der Waals surface area contributed by atoms with Gasteiger partial charge in [0.05, 0.1) is 22.1 Å². The number of hydrogen-bond acceptors (Lipinski definition) is 5. The van der Waals surface area contributed by atoms with Gasteiger partial charge in [-0.25, -0.2) is 0 Å². The minimum absolute atomic E-state index is 0. The molecule has 516 valence electrons. The van der Waals surface area contributed by atoms with E-state index in [0.29, 0.717) is 0 Å². The van der Waals surface area contributed by atoms with Gasteiger partial charge in [0.1, 0.15) is 0 Å². The van der Waals surface area contributed by atoms with Gasteiger partial charge in [-0.3, -0.25) is 0 Å². The van der Waals surface area contributed by atoms with E-state index in [1.165, 1.54) is 161 Å². The average molecular weight is 1420 g/mol. The predicted molar refractivity (Wildman–Crippen MR) is 465 cm³/mol. The van der Waals surface area contributed by atoms with Gasteiger partial charge in [0.2, 0.25) is 0 Å². The topological polar surface area (TPSA) is 19.7 Å². The number of aryl methyl sites for hydroxylation is 6. The lowest BCUT2D eigenvalue weighted by Crippen LogP contribution is -1.98. The van der Waals surface area contributed by atoms with Crippen LogP contribution in [0.2, 0.25) is 0 Å². The fourth-order valence-corrected chi connectivity index (χ4v) is 15.4. The van der Waals surface area contributed by atoms with Gasteiger partial charge < -0.3 is 18.3 Å². The zero-order valence-corrected chi connectivity index (χ0v) is 62.4. The Morgan fingerprint density at radius 3 is 0.812 bits per heavy atom. The highest BCUT2D eigenvalue weighted by molar-refractivity contribution is 7.80. The molecule has 0 fully saturated rings. The van der Waals surface area contributed by atoms with Gasteiger partial charge in [0.25, 0.3) is 0 Å². The van der Waals surface area contributed by atoms with Gasteiger partial charge in [0.15, 0.2) is 0 Å². The van der Waals surface area contributed by atoms with Gasteiger partial charge >= 0.3 is 0 Å². The molecule has 0 unspecified atom stereocenters. The second-order valence-corrected chi connectivity index (χ2v) is 27.9. The molecule has 4 heterocycles. The fraction of sp³-hybridized carbons (Fsp3) is 0.217. The molecule has 0 amide bonds. The minimum Gasteiger partial charge on any atom is -0.340 e. The van der Waals surface area contributed by atoms with Crippen molar-refractivity contribution in [1.82, 2.24) is 18.3 Å². The summed E-state index contributed by atoms with van der Waals surface area (Å²) in [6.45, 7) is 27.2. The molecule has 0 aliphatic heterocycles. The van der Waals surface area contributed by atoms with Crippen LogP contribution in [0.4, 0.5) is 0 Å². The number of benzene rings is 10. The highest BCUT2D eigenvalue weighted by atomic mass is 32.1. The van der Waals surface area contributed by atoms with Crippen LogP contribution < -0.4 is 0 Å². The summed E-state index contributed by atoms with van der Waals surface area (Å²) in [4.78, 5) is 0. The van der Waals surface area contributed by atoms with Crippen LogP contribution in [-0.2, 0) is 77.3 Å². The Kier molecular flexibility index (Phi) is 27.2. The highest BCUT2D eigenvalue weighted by Crippen LogP contribution is 2.38. The second kappa shape index (κ2) is 36.5. The summed E-state index contributed by atoms with van der Waals surface area (Å²) >= 11 is 22.0. The van der Waals surface area contributed by atoms with Gasteiger partial charge in [-0.1, -0.05) is 130 Å². The molecule has 0 spiro atoms. The number of nitrogens with zero attached hydrogens (tertiary/aromatic N) is 4. The maximum absolute atomic E-state index is 4.42. The molecule has 0 radical (unpaired) electrons. The molecule has 4 aromatic heterocycles. The van der Waals surface area contributed by atoms with Gasteiger partial charge in [0, 0.05) is 95.4 Å². The van der Waals surface area contributed by atoms with Crippen LogP contribution >= 0.6 is 63.1 Å². The molecule has 101 heavy (non-hydrogen) atoms. The van der Waals surface area contributed by atoms with Crippen molar-refractivity contribution < 1.29 is 0 Å². The summed E-state index contributed by atoms with van der Waals surface area (Å²) in [7, 11) is 0. The normalized spacial score (nSPS) is 11.1. The maximum atomic E-state index is 4.42. The first-order valence-corrected chi connectivity index (χ1v) is 38.3. The van der Waals surface area contributed by atoms with Crippen molar-refractivity contribution >= 4 is 150 Å². The lowest BCUT2D eigenvalue weighted by atomic mass is 10.0. The quantitative estimate of drug-likeness (QED) is 0.0263. The SMILES string of the molecule is C.C=CCc1ccc(-n2c3ccc(CCS)cc3c3cc(CCS)ccc32)cc1.C=CCc1ccc2c(c1)c1cc(CC=C)ccc1n2-c1ccc(CCS)cc1.C=CCc1ccc2c(c1)c1cc(CC=C)ccc1n2CCS.C=CCn1c2ccc(CCC)cc2c2cc(CCS)ccc21. The molecule has 9 heteroatoms. The third-order valence-corrected chi connectivity index (χ3v) is 19.9. The van der Waals surface area contributed by atoms with Crippen LogP contribution in [0.25, 0.3) is 98.6 Å². The maximum Gasteiger partial charge on any atom is 0.0541 e. The van der Waals surface area contributed by atoms with Crippen molar-refractivity contribution in [2.45, 2.75) is 98.1 Å². The van der Waals surface area contributed by atoms with Crippen LogP contribution in [0.3, 0.4) is 0 Å². The molecule has 14 aromatic rings. The van der Waals surface area contributed by atoms with E-state index >= 15 is 0 Å². The summed E-state index contributed by atoms with van der Waals surface area (Å²) < 4.78 is 9.47. The summed E-state index contributed by atoms with van der Waals surface area (Å²) in [5.41, 5.74) is 25.8. The van der Waals surface area contributed by atoms with E-state index in [1.54, 1.807) is 0 Å². The largest absolute Gasteiger partial charge is 0.340 e. The number of fused-ring (bicyclic) bond motifs is 12. The van der Waals surface area contributed by atoms with E-state index in [2.05, 4.69) is 322 Å². The monoisotopic (exact) mass is 1420 g/mol. The number of aromatic nitrogens is 4. The number of allylic oxidation sites excluding steroid dienone is 6. The molecule has 14 rings (SSSR count). The van der Waals surface area contributed by atoms with Crippen molar-refractivity contribution in [3.05, 3.63) is 326 Å². The van der Waals surface area contributed by atoms with Crippen LogP contribution in [0.1, 0.15) is 76.4 Å². The molecule has 0 saturated carbocycles. The van der Waals surface area contributed by atoms with E-state index in [4.69, 9.17) is 0 Å². The van der Waals surface area contributed by atoms with Gasteiger partial charge in [-0.15, -0.1) is 39.5 Å². The summed E-state index contributed by atoms with van der Waals surface area (Å²) in [6.07, 6.45) is 22.5. The van der Waals surface area contributed by atoms with Crippen molar-refractivity contribution in [3.8, 4) is 11.4 Å². The van der Waals surface area contributed by atoms with E-state index < -0.39 is 0 Å². The molecule has 0 aliphatic rings. The van der Waals surface area contributed by atoms with Crippen molar-refractivity contribution in [3.63, 3.8) is 0 Å². The molecule has 0 aliphatic carbocycles. The Morgan fingerprint density at radius 2 is 0.515 bits per heavy atom. The van der Waals surface area contributed by atoms with E-state index in [9.17, 15) is 0 Å².